The van der Waals surface area contributed by atoms with Gasteiger partial charge in [0.25, 0.3) is 0 Å². The number of sulfonamides is 1. The molecule has 0 spiro atoms. The van der Waals surface area contributed by atoms with Gasteiger partial charge in [-0.1, -0.05) is 38.4 Å². The minimum Gasteiger partial charge on any atom is -0.481 e. The minimum atomic E-state index is -3.71. The lowest BCUT2D eigenvalue weighted by atomic mass is 9.98. The smallest absolute Gasteiger partial charge is 0.344 e. The first kappa shape index (κ1) is 26.2. The quantitative estimate of drug-likeness (QED) is 0.538. The van der Waals surface area contributed by atoms with E-state index < -0.39 is 21.6 Å². The lowest BCUT2D eigenvalue weighted by molar-refractivity contribution is -0.157. The number of hydrogen-bond acceptors (Lipinski definition) is 5. The third-order valence-electron chi connectivity index (χ3n) is 4.31. The molecule has 8 heteroatoms. The number of halogens is 1. The highest BCUT2D eigenvalue weighted by Gasteiger charge is 2.21. The molecule has 0 amide bonds. The monoisotopic (exact) mass is 481 g/mol. The van der Waals surface area contributed by atoms with Crippen LogP contribution < -0.4 is 9.46 Å². The largest absolute Gasteiger partial charge is 0.481 e. The van der Waals surface area contributed by atoms with Crippen molar-refractivity contribution in [2.75, 3.05) is 13.2 Å². The summed E-state index contributed by atoms with van der Waals surface area (Å²) in [7, 11) is -3.71. The Balaban J connectivity index is 2.40. The Kier molecular flexibility index (Phi) is 8.02. The second kappa shape index (κ2) is 9.81. The van der Waals surface area contributed by atoms with Gasteiger partial charge in [0.1, 0.15) is 11.4 Å². The Bertz CT molecular complexity index is 1080. The summed E-state index contributed by atoms with van der Waals surface area (Å²) in [5.74, 6) is -0.0987. The van der Waals surface area contributed by atoms with E-state index >= 15 is 0 Å². The molecule has 0 fully saturated rings. The molecule has 0 radical (unpaired) electrons. The van der Waals surface area contributed by atoms with Gasteiger partial charge < -0.3 is 9.47 Å². The van der Waals surface area contributed by atoms with Crippen LogP contribution in [-0.2, 0) is 19.6 Å². The van der Waals surface area contributed by atoms with Crippen molar-refractivity contribution in [2.24, 2.45) is 5.41 Å². The van der Waals surface area contributed by atoms with E-state index in [-0.39, 0.29) is 16.9 Å². The molecule has 0 aliphatic carbocycles. The number of carbonyl (C=O) groups excluding carboxylic acids is 1. The highest BCUT2D eigenvalue weighted by Crippen LogP contribution is 2.36. The first-order valence-electron chi connectivity index (χ1n) is 10.3. The van der Waals surface area contributed by atoms with Crippen LogP contribution in [0, 0.1) is 12.3 Å². The summed E-state index contributed by atoms with van der Waals surface area (Å²) >= 11 is 6.22. The fourth-order valence-electron chi connectivity index (χ4n) is 2.80. The molecule has 32 heavy (non-hydrogen) atoms. The van der Waals surface area contributed by atoms with Crippen LogP contribution in [0.25, 0.3) is 11.1 Å². The number of carbonyl (C=O) groups is 1. The number of aryl methyl sites for hydroxylation is 1. The molecule has 6 nitrogen and oxygen atoms in total. The number of nitrogens with one attached hydrogen (secondary N) is 1. The van der Waals surface area contributed by atoms with Gasteiger partial charge >= 0.3 is 5.97 Å². The molecule has 2 rings (SSSR count). The van der Waals surface area contributed by atoms with Crippen molar-refractivity contribution < 1.29 is 22.7 Å². The maximum atomic E-state index is 12.8. The second-order valence-electron chi connectivity index (χ2n) is 9.88. The fraction of sp³-hybridized carbons (Fsp3) is 0.458. The maximum Gasteiger partial charge on any atom is 0.344 e. The molecular weight excluding hydrogens is 450 g/mol. The molecule has 0 atom stereocenters. The Hall–Kier alpha value is -2.09. The van der Waals surface area contributed by atoms with Crippen molar-refractivity contribution >= 4 is 27.6 Å². The van der Waals surface area contributed by atoms with Gasteiger partial charge in [-0.25, -0.2) is 17.9 Å². The van der Waals surface area contributed by atoms with Crippen LogP contribution in [0.15, 0.2) is 41.3 Å². The standard InChI is InChI=1S/C24H32ClNO5S/c1-16-8-10-18(32(28,29)26-15-23(2,3)4)13-19(16)20-12-17(25)9-11-21(20)30-14-22(27)31-24(5,6)7/h8-13,26H,14-15H2,1-7H3. The maximum absolute atomic E-state index is 12.8. The summed E-state index contributed by atoms with van der Waals surface area (Å²) in [5, 5.41) is 0.461. The summed E-state index contributed by atoms with van der Waals surface area (Å²) in [6.45, 7) is 13.1. The van der Waals surface area contributed by atoms with Gasteiger partial charge in [0, 0.05) is 17.1 Å². The molecule has 176 valence electrons. The lowest BCUT2D eigenvalue weighted by Gasteiger charge is -2.20. The first-order chi connectivity index (χ1) is 14.6. The Morgan fingerprint density at radius 1 is 1.00 bits per heavy atom. The third-order valence-corrected chi connectivity index (χ3v) is 5.94. The number of benzene rings is 2. The fourth-order valence-corrected chi connectivity index (χ4v) is 4.28. The summed E-state index contributed by atoms with van der Waals surface area (Å²) in [6.07, 6.45) is 0. The molecule has 0 saturated carbocycles. The van der Waals surface area contributed by atoms with E-state index in [1.807, 2.05) is 27.7 Å². The van der Waals surface area contributed by atoms with E-state index in [0.29, 0.717) is 28.4 Å². The van der Waals surface area contributed by atoms with Crippen LogP contribution >= 0.6 is 11.6 Å². The second-order valence-corrected chi connectivity index (χ2v) is 12.1. The predicted octanol–water partition coefficient (Wildman–Crippen LogP) is 5.36. The molecule has 0 aliphatic rings. The highest BCUT2D eigenvalue weighted by atomic mass is 35.5. The zero-order valence-corrected chi connectivity index (χ0v) is 21.3. The van der Waals surface area contributed by atoms with E-state index in [1.54, 1.807) is 57.2 Å². The minimum absolute atomic E-state index is 0.139. The van der Waals surface area contributed by atoms with E-state index in [0.717, 1.165) is 5.56 Å². The van der Waals surface area contributed by atoms with Gasteiger partial charge in [0.2, 0.25) is 10.0 Å². The molecule has 2 aromatic carbocycles. The summed E-state index contributed by atoms with van der Waals surface area (Å²) < 4.78 is 39.4. The Labute approximate surface area is 196 Å². The molecule has 0 unspecified atom stereocenters. The molecule has 0 bridgehead atoms. The zero-order chi connectivity index (χ0) is 24.3. The molecule has 0 aromatic heterocycles. The van der Waals surface area contributed by atoms with Gasteiger partial charge in [-0.2, -0.15) is 0 Å². The van der Waals surface area contributed by atoms with Crippen molar-refractivity contribution in [3.05, 3.63) is 47.0 Å². The average molecular weight is 482 g/mol. The van der Waals surface area contributed by atoms with E-state index in [2.05, 4.69) is 4.72 Å². The molecule has 1 N–H and O–H groups in total. The summed E-state index contributed by atoms with van der Waals surface area (Å²) in [4.78, 5) is 12.2. The predicted molar refractivity (Wildman–Crippen MR) is 128 cm³/mol. The number of rotatable bonds is 7. The van der Waals surface area contributed by atoms with Crippen LogP contribution in [0.2, 0.25) is 5.02 Å². The Morgan fingerprint density at radius 3 is 2.25 bits per heavy atom. The van der Waals surface area contributed by atoms with Crippen molar-refractivity contribution in [2.45, 2.75) is 59.0 Å². The van der Waals surface area contributed by atoms with Crippen LogP contribution in [0.5, 0.6) is 5.75 Å². The van der Waals surface area contributed by atoms with Gasteiger partial charge in [0.15, 0.2) is 6.61 Å². The van der Waals surface area contributed by atoms with E-state index in [4.69, 9.17) is 21.1 Å². The van der Waals surface area contributed by atoms with Crippen molar-refractivity contribution in [1.82, 2.24) is 4.72 Å². The first-order valence-corrected chi connectivity index (χ1v) is 12.2. The highest BCUT2D eigenvalue weighted by molar-refractivity contribution is 7.89. The topological polar surface area (TPSA) is 81.7 Å². The van der Waals surface area contributed by atoms with Crippen LogP contribution in [-0.4, -0.2) is 33.1 Å². The number of hydrogen-bond donors (Lipinski definition) is 1. The summed E-state index contributed by atoms with van der Waals surface area (Å²) in [5.41, 5.74) is 1.25. The van der Waals surface area contributed by atoms with Crippen molar-refractivity contribution in [3.8, 4) is 16.9 Å². The third kappa shape index (κ3) is 7.80. The lowest BCUT2D eigenvalue weighted by Crippen LogP contribution is -2.32. The summed E-state index contributed by atoms with van der Waals surface area (Å²) in [6, 6.07) is 9.88. The average Bonchev–Trinajstić information content (AvgIpc) is 2.64. The van der Waals surface area contributed by atoms with Gasteiger partial charge in [0.05, 0.1) is 4.90 Å². The molecular formula is C24H32ClNO5S. The Morgan fingerprint density at radius 2 is 1.66 bits per heavy atom. The van der Waals surface area contributed by atoms with Gasteiger partial charge in [-0.15, -0.1) is 0 Å². The number of esters is 1. The van der Waals surface area contributed by atoms with Gasteiger partial charge in [-0.3, -0.25) is 0 Å². The zero-order valence-electron chi connectivity index (χ0n) is 19.7. The van der Waals surface area contributed by atoms with Gasteiger partial charge in [-0.05, 0) is 74.6 Å². The van der Waals surface area contributed by atoms with Crippen LogP contribution in [0.4, 0.5) is 0 Å². The SMILES string of the molecule is Cc1ccc(S(=O)(=O)NCC(C)(C)C)cc1-c1cc(Cl)ccc1OCC(=O)OC(C)(C)C. The van der Waals surface area contributed by atoms with Crippen molar-refractivity contribution in [3.63, 3.8) is 0 Å². The molecule has 0 heterocycles. The van der Waals surface area contributed by atoms with E-state index in [9.17, 15) is 13.2 Å². The van der Waals surface area contributed by atoms with Crippen LogP contribution in [0.3, 0.4) is 0 Å². The van der Waals surface area contributed by atoms with E-state index in [1.165, 1.54) is 0 Å². The van der Waals surface area contributed by atoms with Crippen molar-refractivity contribution in [1.29, 1.82) is 0 Å². The normalized spacial score (nSPS) is 12.5. The molecule has 0 aliphatic heterocycles. The number of ether oxygens (including phenoxy) is 2. The molecule has 2 aromatic rings. The molecule has 0 saturated heterocycles. The van der Waals surface area contributed by atoms with Crippen LogP contribution in [0.1, 0.15) is 47.1 Å².